The molecule has 2 aliphatic heterocycles. The second-order valence-corrected chi connectivity index (χ2v) is 6.57. The predicted molar refractivity (Wildman–Crippen MR) is 82.7 cm³/mol. The lowest BCUT2D eigenvalue weighted by Gasteiger charge is -2.45. The van der Waals surface area contributed by atoms with Crippen molar-refractivity contribution in [1.29, 1.82) is 0 Å². The van der Waals surface area contributed by atoms with Gasteiger partial charge in [-0.05, 0) is 44.6 Å². The monoisotopic (exact) mass is 312 g/mol. The maximum absolute atomic E-state index is 11.7. The van der Waals surface area contributed by atoms with Crippen LogP contribution in [0.3, 0.4) is 0 Å². The molecule has 0 spiro atoms. The van der Waals surface area contributed by atoms with Crippen molar-refractivity contribution in [2.45, 2.75) is 45.6 Å². The molecule has 0 aromatic heterocycles. The molecule has 2 heterocycles. The Morgan fingerprint density at radius 2 is 2.00 bits per heavy atom. The van der Waals surface area contributed by atoms with E-state index in [1.807, 2.05) is 6.92 Å². The Kier molecular flexibility index (Phi) is 6.06. The van der Waals surface area contributed by atoms with Gasteiger partial charge in [-0.2, -0.15) is 0 Å². The van der Waals surface area contributed by atoms with Crippen LogP contribution in [0, 0.1) is 11.8 Å². The van der Waals surface area contributed by atoms with Crippen LogP contribution in [0.4, 0.5) is 4.79 Å². The minimum Gasteiger partial charge on any atom is -0.466 e. The van der Waals surface area contributed by atoms with E-state index in [2.05, 4.69) is 11.8 Å². The van der Waals surface area contributed by atoms with Gasteiger partial charge in [0.1, 0.15) is 0 Å². The number of hydrogen-bond acceptors (Lipinski definition) is 4. The maximum atomic E-state index is 11.7. The molecule has 0 bridgehead atoms. The van der Waals surface area contributed by atoms with Gasteiger partial charge in [0.2, 0.25) is 0 Å². The summed E-state index contributed by atoms with van der Waals surface area (Å²) in [5.74, 6) is 0.617. The Hall–Kier alpha value is -1.30. The van der Waals surface area contributed by atoms with Crippen LogP contribution >= 0.6 is 0 Å². The lowest BCUT2D eigenvalue weighted by atomic mass is 9.88. The molecule has 1 N–H and O–H groups in total. The van der Waals surface area contributed by atoms with Crippen molar-refractivity contribution >= 4 is 12.1 Å². The summed E-state index contributed by atoms with van der Waals surface area (Å²) < 4.78 is 5.06. The molecule has 0 radical (unpaired) electrons. The molecule has 22 heavy (non-hydrogen) atoms. The van der Waals surface area contributed by atoms with Crippen LogP contribution in [-0.4, -0.2) is 65.8 Å². The molecular formula is C16H28N2O4. The fourth-order valence-electron chi connectivity index (χ4n) is 3.87. The Morgan fingerprint density at radius 1 is 1.23 bits per heavy atom. The number of likely N-dealkylation sites (tertiary alicyclic amines) is 2. The summed E-state index contributed by atoms with van der Waals surface area (Å²) in [5, 5.41) is 9.11. The molecule has 6 heteroatoms. The molecule has 2 fully saturated rings. The van der Waals surface area contributed by atoms with E-state index in [-0.39, 0.29) is 5.97 Å². The quantitative estimate of drug-likeness (QED) is 0.804. The molecule has 2 rings (SSSR count). The van der Waals surface area contributed by atoms with E-state index in [1.54, 1.807) is 0 Å². The molecule has 6 nitrogen and oxygen atoms in total. The summed E-state index contributed by atoms with van der Waals surface area (Å²) in [6.07, 6.45) is 2.77. The topological polar surface area (TPSA) is 70.1 Å². The minimum atomic E-state index is -0.816. The van der Waals surface area contributed by atoms with E-state index in [9.17, 15) is 9.59 Å². The molecule has 1 amide bonds. The highest BCUT2D eigenvalue weighted by Crippen LogP contribution is 2.28. The first kappa shape index (κ1) is 17.1. The standard InChI is InChI=1S/C16H28N2O4/c1-3-22-15(19)9-13-5-4-7-17(11-13)14-6-8-18(16(20)21)10-12(14)2/h12-14H,3-11H2,1-2H3,(H,20,21)/t12?,13-,14?/m0/s1. The normalized spacial score (nSPS) is 30.1. The van der Waals surface area contributed by atoms with Crippen molar-refractivity contribution in [3.8, 4) is 0 Å². The molecule has 0 aromatic carbocycles. The molecule has 126 valence electrons. The SMILES string of the molecule is CCOC(=O)C[C@@H]1CCCN(C2CCN(C(=O)O)CC2C)C1. The molecule has 2 aliphatic rings. The highest BCUT2D eigenvalue weighted by molar-refractivity contribution is 5.69. The second-order valence-electron chi connectivity index (χ2n) is 6.57. The van der Waals surface area contributed by atoms with Gasteiger partial charge in [-0.1, -0.05) is 6.92 Å². The first-order chi connectivity index (χ1) is 10.5. The van der Waals surface area contributed by atoms with Gasteiger partial charge in [0.15, 0.2) is 0 Å². The number of piperidine rings is 2. The Balaban J connectivity index is 1.87. The van der Waals surface area contributed by atoms with Crippen molar-refractivity contribution in [2.75, 3.05) is 32.8 Å². The maximum Gasteiger partial charge on any atom is 0.407 e. The molecule has 2 saturated heterocycles. The molecule has 2 unspecified atom stereocenters. The summed E-state index contributed by atoms with van der Waals surface area (Å²) >= 11 is 0. The molecule has 0 saturated carbocycles. The third kappa shape index (κ3) is 4.35. The minimum absolute atomic E-state index is 0.0944. The summed E-state index contributed by atoms with van der Waals surface area (Å²) in [5.41, 5.74) is 0. The molecular weight excluding hydrogens is 284 g/mol. The van der Waals surface area contributed by atoms with Crippen molar-refractivity contribution in [2.24, 2.45) is 11.8 Å². The van der Waals surface area contributed by atoms with Crippen molar-refractivity contribution < 1.29 is 19.4 Å². The first-order valence-electron chi connectivity index (χ1n) is 8.38. The smallest absolute Gasteiger partial charge is 0.407 e. The fourth-order valence-corrected chi connectivity index (χ4v) is 3.87. The average molecular weight is 312 g/mol. The highest BCUT2D eigenvalue weighted by Gasteiger charge is 2.35. The first-order valence-corrected chi connectivity index (χ1v) is 8.38. The second kappa shape index (κ2) is 7.81. The average Bonchev–Trinajstić information content (AvgIpc) is 2.47. The highest BCUT2D eigenvalue weighted by atomic mass is 16.5. The van der Waals surface area contributed by atoms with E-state index in [1.165, 1.54) is 4.90 Å². The van der Waals surface area contributed by atoms with E-state index < -0.39 is 6.09 Å². The number of carbonyl (C=O) groups is 2. The van der Waals surface area contributed by atoms with Gasteiger partial charge in [0.25, 0.3) is 0 Å². The third-order valence-electron chi connectivity index (χ3n) is 4.91. The zero-order valence-electron chi connectivity index (χ0n) is 13.7. The molecule has 0 aliphatic carbocycles. The van der Waals surface area contributed by atoms with Crippen molar-refractivity contribution in [3.63, 3.8) is 0 Å². The lowest BCUT2D eigenvalue weighted by Crippen LogP contribution is -2.53. The zero-order chi connectivity index (χ0) is 16.1. The summed E-state index contributed by atoms with van der Waals surface area (Å²) in [7, 11) is 0. The van der Waals surface area contributed by atoms with Crippen LogP contribution in [0.15, 0.2) is 0 Å². The molecule has 3 atom stereocenters. The number of carboxylic acid groups (broad SMARTS) is 1. The zero-order valence-corrected chi connectivity index (χ0v) is 13.7. The Labute approximate surface area is 132 Å². The molecule has 0 aromatic rings. The number of carbonyl (C=O) groups excluding carboxylic acids is 1. The predicted octanol–water partition coefficient (Wildman–Crippen LogP) is 2.04. The number of amides is 1. The van der Waals surface area contributed by atoms with Gasteiger partial charge in [-0.3, -0.25) is 9.69 Å². The van der Waals surface area contributed by atoms with E-state index >= 15 is 0 Å². The van der Waals surface area contributed by atoms with Crippen LogP contribution in [0.2, 0.25) is 0 Å². The van der Waals surface area contributed by atoms with Gasteiger partial charge >= 0.3 is 12.1 Å². The van der Waals surface area contributed by atoms with Crippen LogP contribution in [0.25, 0.3) is 0 Å². The van der Waals surface area contributed by atoms with Gasteiger partial charge in [0.05, 0.1) is 6.61 Å². The van der Waals surface area contributed by atoms with Gasteiger partial charge in [-0.15, -0.1) is 0 Å². The van der Waals surface area contributed by atoms with Gasteiger partial charge in [0, 0.05) is 32.1 Å². The van der Waals surface area contributed by atoms with Gasteiger partial charge < -0.3 is 14.7 Å². The number of hydrogen-bond donors (Lipinski definition) is 1. The Morgan fingerprint density at radius 3 is 2.64 bits per heavy atom. The summed E-state index contributed by atoms with van der Waals surface area (Å²) in [6, 6.07) is 0.431. The van der Waals surface area contributed by atoms with Gasteiger partial charge in [-0.25, -0.2) is 4.79 Å². The van der Waals surface area contributed by atoms with Crippen molar-refractivity contribution in [3.05, 3.63) is 0 Å². The fraction of sp³-hybridized carbons (Fsp3) is 0.875. The van der Waals surface area contributed by atoms with E-state index in [0.29, 0.717) is 44.0 Å². The van der Waals surface area contributed by atoms with E-state index in [4.69, 9.17) is 9.84 Å². The largest absolute Gasteiger partial charge is 0.466 e. The van der Waals surface area contributed by atoms with Crippen LogP contribution in [0.5, 0.6) is 0 Å². The van der Waals surface area contributed by atoms with Crippen LogP contribution < -0.4 is 0 Å². The Bertz CT molecular complexity index is 402. The summed E-state index contributed by atoms with van der Waals surface area (Å²) in [4.78, 5) is 26.7. The van der Waals surface area contributed by atoms with E-state index in [0.717, 1.165) is 32.4 Å². The number of esters is 1. The third-order valence-corrected chi connectivity index (χ3v) is 4.91. The lowest BCUT2D eigenvalue weighted by molar-refractivity contribution is -0.144. The van der Waals surface area contributed by atoms with Crippen LogP contribution in [0.1, 0.15) is 39.5 Å². The summed E-state index contributed by atoms with van der Waals surface area (Å²) in [6.45, 7) is 7.63. The number of rotatable bonds is 4. The van der Waals surface area contributed by atoms with Crippen LogP contribution in [-0.2, 0) is 9.53 Å². The van der Waals surface area contributed by atoms with Crippen molar-refractivity contribution in [1.82, 2.24) is 9.80 Å². The number of nitrogens with zero attached hydrogens (tertiary/aromatic N) is 2. The number of ether oxygens (including phenoxy) is 1.